The van der Waals surface area contributed by atoms with Crippen LogP contribution < -0.4 is 4.90 Å². The number of aromatic nitrogens is 2. The third-order valence-corrected chi connectivity index (χ3v) is 4.48. The third kappa shape index (κ3) is 2.86. The standard InChI is InChI=1S/C17H16F3N3O2/c1-16(2)12-5-3-4-10(13(25)9-24)11(12)8-23(16)15-7-21-14(6-22-15)17(18,19)20/h3-7,24H,8-9H2,1-2H3. The smallest absolute Gasteiger partial charge is 0.388 e. The van der Waals surface area contributed by atoms with Gasteiger partial charge in [-0.2, -0.15) is 13.2 Å². The van der Waals surface area contributed by atoms with E-state index in [2.05, 4.69) is 9.97 Å². The lowest BCUT2D eigenvalue weighted by molar-refractivity contribution is -0.141. The quantitative estimate of drug-likeness (QED) is 0.862. The van der Waals surface area contributed by atoms with E-state index in [-0.39, 0.29) is 5.82 Å². The van der Waals surface area contributed by atoms with E-state index < -0.39 is 29.8 Å². The largest absolute Gasteiger partial charge is 0.434 e. The number of benzene rings is 1. The summed E-state index contributed by atoms with van der Waals surface area (Å²) < 4.78 is 38.0. The number of hydrogen-bond acceptors (Lipinski definition) is 5. The van der Waals surface area contributed by atoms with Crippen molar-refractivity contribution in [2.24, 2.45) is 0 Å². The number of aliphatic hydroxyl groups excluding tert-OH is 1. The molecule has 1 aromatic carbocycles. The fourth-order valence-electron chi connectivity index (χ4n) is 3.15. The van der Waals surface area contributed by atoms with Crippen molar-refractivity contribution in [3.8, 4) is 0 Å². The Balaban J connectivity index is 2.01. The molecular weight excluding hydrogens is 335 g/mol. The lowest BCUT2D eigenvalue weighted by atomic mass is 9.90. The second-order valence-electron chi connectivity index (χ2n) is 6.32. The van der Waals surface area contributed by atoms with Gasteiger partial charge in [0.15, 0.2) is 11.5 Å². The van der Waals surface area contributed by atoms with Crippen LogP contribution in [0.1, 0.15) is 41.0 Å². The molecule has 0 saturated carbocycles. The predicted octanol–water partition coefficient (Wildman–Crippen LogP) is 2.93. The molecule has 1 aliphatic rings. The molecule has 0 fully saturated rings. The number of anilines is 1. The van der Waals surface area contributed by atoms with Gasteiger partial charge < -0.3 is 10.0 Å². The van der Waals surface area contributed by atoms with E-state index in [1.165, 1.54) is 0 Å². The van der Waals surface area contributed by atoms with Crippen LogP contribution in [-0.4, -0.2) is 27.5 Å². The van der Waals surface area contributed by atoms with E-state index in [1.54, 1.807) is 17.0 Å². The average molecular weight is 351 g/mol. The number of rotatable bonds is 3. The molecule has 1 aliphatic heterocycles. The Morgan fingerprint density at radius 1 is 1.28 bits per heavy atom. The molecule has 0 aliphatic carbocycles. The highest BCUT2D eigenvalue weighted by Gasteiger charge is 2.40. The second-order valence-corrected chi connectivity index (χ2v) is 6.32. The van der Waals surface area contributed by atoms with Crippen LogP contribution in [0.4, 0.5) is 19.0 Å². The maximum Gasteiger partial charge on any atom is 0.434 e. The Hall–Kier alpha value is -2.48. The Labute approximate surface area is 142 Å². The van der Waals surface area contributed by atoms with Crippen LogP contribution in [0.15, 0.2) is 30.6 Å². The summed E-state index contributed by atoms with van der Waals surface area (Å²) >= 11 is 0. The van der Waals surface area contributed by atoms with Gasteiger partial charge in [0.2, 0.25) is 0 Å². The first-order valence-electron chi connectivity index (χ1n) is 7.59. The van der Waals surface area contributed by atoms with Gasteiger partial charge in [0.05, 0.1) is 17.9 Å². The van der Waals surface area contributed by atoms with Crippen LogP contribution in [0.3, 0.4) is 0 Å². The molecule has 1 aromatic heterocycles. The van der Waals surface area contributed by atoms with Crippen LogP contribution in [0.2, 0.25) is 0 Å². The number of nitrogens with zero attached hydrogens (tertiary/aromatic N) is 3. The lowest BCUT2D eigenvalue weighted by Gasteiger charge is -2.33. The van der Waals surface area contributed by atoms with Crippen molar-refractivity contribution < 1.29 is 23.1 Å². The molecule has 132 valence electrons. The zero-order valence-corrected chi connectivity index (χ0v) is 13.6. The number of alkyl halides is 3. The topological polar surface area (TPSA) is 66.3 Å². The number of halogens is 3. The Morgan fingerprint density at radius 2 is 2.00 bits per heavy atom. The monoisotopic (exact) mass is 351 g/mol. The van der Waals surface area contributed by atoms with Crippen molar-refractivity contribution in [2.75, 3.05) is 11.5 Å². The highest BCUT2D eigenvalue weighted by molar-refractivity contribution is 5.99. The number of aliphatic hydroxyl groups is 1. The number of hydrogen-bond donors (Lipinski definition) is 1. The van der Waals surface area contributed by atoms with Gasteiger partial charge in [-0.3, -0.25) is 4.79 Å². The van der Waals surface area contributed by atoms with Crippen molar-refractivity contribution in [3.63, 3.8) is 0 Å². The minimum atomic E-state index is -4.55. The van der Waals surface area contributed by atoms with Gasteiger partial charge in [-0.1, -0.05) is 18.2 Å². The summed E-state index contributed by atoms with van der Waals surface area (Å²) in [5.41, 5.74) is 0.384. The van der Waals surface area contributed by atoms with Crippen molar-refractivity contribution in [3.05, 3.63) is 53.0 Å². The van der Waals surface area contributed by atoms with Gasteiger partial charge in [0, 0.05) is 12.1 Å². The molecular formula is C17H16F3N3O2. The van der Waals surface area contributed by atoms with Crippen molar-refractivity contribution in [1.82, 2.24) is 9.97 Å². The van der Waals surface area contributed by atoms with Gasteiger partial charge in [0.1, 0.15) is 12.4 Å². The molecule has 8 heteroatoms. The zero-order valence-electron chi connectivity index (χ0n) is 13.6. The molecule has 2 heterocycles. The maximum absolute atomic E-state index is 12.7. The van der Waals surface area contributed by atoms with E-state index in [4.69, 9.17) is 5.11 Å². The summed E-state index contributed by atoms with van der Waals surface area (Å²) in [4.78, 5) is 21.1. The first-order chi connectivity index (χ1) is 11.7. The van der Waals surface area contributed by atoms with Gasteiger partial charge in [0.25, 0.3) is 0 Å². The molecule has 1 N–H and O–H groups in total. The number of carbonyl (C=O) groups excluding carboxylic acids is 1. The average Bonchev–Trinajstić information content (AvgIpc) is 2.85. The molecule has 0 spiro atoms. The van der Waals surface area contributed by atoms with E-state index >= 15 is 0 Å². The second kappa shape index (κ2) is 5.80. The number of Topliss-reactive ketones (excluding diaryl/α,β-unsaturated/α-hetero) is 1. The third-order valence-electron chi connectivity index (χ3n) is 4.48. The summed E-state index contributed by atoms with van der Waals surface area (Å²) in [7, 11) is 0. The molecule has 0 atom stereocenters. The molecule has 5 nitrogen and oxygen atoms in total. The van der Waals surface area contributed by atoms with E-state index in [0.29, 0.717) is 18.3 Å². The van der Waals surface area contributed by atoms with E-state index in [1.807, 2.05) is 19.9 Å². The van der Waals surface area contributed by atoms with Crippen LogP contribution >= 0.6 is 0 Å². The minimum Gasteiger partial charge on any atom is -0.388 e. The predicted molar refractivity (Wildman–Crippen MR) is 84.1 cm³/mol. The Kier molecular flexibility index (Phi) is 4.03. The van der Waals surface area contributed by atoms with E-state index in [0.717, 1.165) is 17.3 Å². The van der Waals surface area contributed by atoms with Crippen LogP contribution in [0.25, 0.3) is 0 Å². The molecule has 0 saturated heterocycles. The molecule has 0 unspecified atom stereocenters. The molecule has 2 aromatic rings. The number of ketones is 1. The molecule has 25 heavy (non-hydrogen) atoms. The first-order valence-corrected chi connectivity index (χ1v) is 7.59. The van der Waals surface area contributed by atoms with Crippen LogP contribution in [-0.2, 0) is 18.3 Å². The van der Waals surface area contributed by atoms with Gasteiger partial charge in [-0.25, -0.2) is 9.97 Å². The molecule has 3 rings (SSSR count). The zero-order chi connectivity index (χ0) is 18.4. The Bertz CT molecular complexity index is 817. The Morgan fingerprint density at radius 3 is 2.56 bits per heavy atom. The van der Waals surface area contributed by atoms with Crippen LogP contribution in [0, 0.1) is 0 Å². The molecule has 0 bridgehead atoms. The van der Waals surface area contributed by atoms with Crippen molar-refractivity contribution in [2.45, 2.75) is 32.1 Å². The SMILES string of the molecule is CC1(C)c2cccc(C(=O)CO)c2CN1c1cnc(C(F)(F)F)cn1. The van der Waals surface area contributed by atoms with Crippen molar-refractivity contribution in [1.29, 1.82) is 0 Å². The summed E-state index contributed by atoms with van der Waals surface area (Å²) in [6.07, 6.45) is -2.76. The molecule has 0 radical (unpaired) electrons. The fourth-order valence-corrected chi connectivity index (χ4v) is 3.15. The van der Waals surface area contributed by atoms with Crippen molar-refractivity contribution >= 4 is 11.6 Å². The number of carbonyl (C=O) groups is 1. The summed E-state index contributed by atoms with van der Waals surface area (Å²) in [5, 5.41) is 9.15. The summed E-state index contributed by atoms with van der Waals surface area (Å²) in [6.45, 7) is 3.48. The fraction of sp³-hybridized carbons (Fsp3) is 0.353. The maximum atomic E-state index is 12.7. The molecule has 0 amide bonds. The lowest BCUT2D eigenvalue weighted by Crippen LogP contribution is -2.36. The van der Waals surface area contributed by atoms with Gasteiger partial charge in [-0.15, -0.1) is 0 Å². The minimum absolute atomic E-state index is 0.289. The highest BCUT2D eigenvalue weighted by Crippen LogP contribution is 2.42. The van der Waals surface area contributed by atoms with Gasteiger partial charge in [-0.05, 0) is 25.0 Å². The first kappa shape index (κ1) is 17.3. The normalized spacial score (nSPS) is 16.0. The van der Waals surface area contributed by atoms with Gasteiger partial charge >= 0.3 is 6.18 Å². The summed E-state index contributed by atoms with van der Waals surface area (Å²) in [5.74, 6) is -0.107. The number of fused-ring (bicyclic) bond motifs is 1. The van der Waals surface area contributed by atoms with Crippen LogP contribution in [0.5, 0.6) is 0 Å². The highest BCUT2D eigenvalue weighted by atomic mass is 19.4. The summed E-state index contributed by atoms with van der Waals surface area (Å²) in [6, 6.07) is 5.22. The van der Waals surface area contributed by atoms with E-state index in [9.17, 15) is 18.0 Å².